The summed E-state index contributed by atoms with van der Waals surface area (Å²) in [5.74, 6) is 0. The molecule has 0 aliphatic heterocycles. The van der Waals surface area contributed by atoms with E-state index in [1.807, 2.05) is 0 Å². The van der Waals surface area contributed by atoms with Crippen LogP contribution < -0.4 is 10.6 Å². The van der Waals surface area contributed by atoms with Crippen molar-refractivity contribution in [1.29, 1.82) is 0 Å². The van der Waals surface area contributed by atoms with Crippen LogP contribution in [0.15, 0.2) is 18.2 Å². The Morgan fingerprint density at radius 2 is 2.00 bits per heavy atom. The maximum absolute atomic E-state index is 13.2. The molecule has 0 saturated heterocycles. The molecule has 20 heavy (non-hydrogen) atoms. The summed E-state index contributed by atoms with van der Waals surface area (Å²) < 4.78 is 44.4. The molecule has 0 aliphatic carbocycles. The number of methoxy groups -OCH3 is 1. The Kier molecular flexibility index (Phi) is 5.83. The summed E-state index contributed by atoms with van der Waals surface area (Å²) in [6.45, 7) is 2.54. The summed E-state index contributed by atoms with van der Waals surface area (Å²) in [5, 5.41) is 0. The van der Waals surface area contributed by atoms with E-state index in [9.17, 15) is 13.2 Å². The maximum Gasteiger partial charge on any atom is 0.418 e. The fourth-order valence-electron chi connectivity index (χ4n) is 1.99. The molecule has 6 heteroatoms. The van der Waals surface area contributed by atoms with Crippen molar-refractivity contribution in [2.45, 2.75) is 25.6 Å². The third-order valence-electron chi connectivity index (χ3n) is 2.97. The number of hydrogen-bond acceptors (Lipinski definition) is 3. The molecule has 1 aromatic rings. The highest BCUT2D eigenvalue weighted by Gasteiger charge is 2.34. The molecule has 0 spiro atoms. The quantitative estimate of drug-likeness (QED) is 0.875. The Morgan fingerprint density at radius 1 is 1.35 bits per heavy atom. The normalized spacial score (nSPS) is 13.3. The number of nitrogens with zero attached hydrogens (tertiary/aromatic N) is 1. The lowest BCUT2D eigenvalue weighted by Gasteiger charge is -2.24. The van der Waals surface area contributed by atoms with E-state index in [1.54, 1.807) is 24.9 Å². The van der Waals surface area contributed by atoms with Crippen LogP contribution in [0.1, 0.15) is 18.1 Å². The van der Waals surface area contributed by atoms with Crippen LogP contribution in [-0.4, -0.2) is 33.4 Å². The highest BCUT2D eigenvalue weighted by molar-refractivity contribution is 5.56. The summed E-state index contributed by atoms with van der Waals surface area (Å²) in [7, 11) is 3.14. The lowest BCUT2D eigenvalue weighted by molar-refractivity contribution is -0.137. The minimum absolute atomic E-state index is 0.156. The summed E-state index contributed by atoms with van der Waals surface area (Å²) >= 11 is 0. The molecule has 0 amide bonds. The number of alkyl halides is 3. The van der Waals surface area contributed by atoms with E-state index in [0.29, 0.717) is 25.1 Å². The van der Waals surface area contributed by atoms with Crippen LogP contribution in [0.4, 0.5) is 18.9 Å². The van der Waals surface area contributed by atoms with Crippen molar-refractivity contribution in [2.75, 3.05) is 32.2 Å². The zero-order valence-corrected chi connectivity index (χ0v) is 12.0. The number of ether oxygens (including phenoxy) is 1. The van der Waals surface area contributed by atoms with Crippen molar-refractivity contribution in [3.8, 4) is 0 Å². The van der Waals surface area contributed by atoms with Gasteiger partial charge < -0.3 is 15.4 Å². The number of benzene rings is 1. The molecule has 0 heterocycles. The topological polar surface area (TPSA) is 38.5 Å². The molecular weight excluding hydrogens is 269 g/mol. The van der Waals surface area contributed by atoms with Gasteiger partial charge in [-0.2, -0.15) is 13.2 Å². The van der Waals surface area contributed by atoms with Crippen LogP contribution in [0.2, 0.25) is 0 Å². The van der Waals surface area contributed by atoms with Gasteiger partial charge >= 0.3 is 6.18 Å². The smallest absolute Gasteiger partial charge is 0.383 e. The van der Waals surface area contributed by atoms with Gasteiger partial charge in [-0.3, -0.25) is 0 Å². The molecule has 0 bridgehead atoms. The zero-order valence-electron chi connectivity index (χ0n) is 12.0. The zero-order chi connectivity index (χ0) is 15.3. The molecule has 2 N–H and O–H groups in total. The Balaban J connectivity index is 3.10. The van der Waals surface area contributed by atoms with Crippen LogP contribution in [0.25, 0.3) is 0 Å². The second kappa shape index (κ2) is 6.95. The molecule has 0 aromatic heterocycles. The number of hydrogen-bond donors (Lipinski definition) is 1. The number of rotatable bonds is 6. The standard InChI is InChI=1S/C14H21F3N2O/c1-10(18)8-11-4-5-13(19(2)6-7-20-3)12(9-11)14(15,16)17/h4-5,9-10H,6-8,18H2,1-3H3. The predicted molar refractivity (Wildman–Crippen MR) is 73.9 cm³/mol. The first kappa shape index (κ1) is 16.8. The number of anilines is 1. The highest BCUT2D eigenvalue weighted by Crippen LogP contribution is 2.37. The van der Waals surface area contributed by atoms with Gasteiger partial charge in [-0.25, -0.2) is 0 Å². The van der Waals surface area contributed by atoms with Crippen molar-refractivity contribution in [1.82, 2.24) is 0 Å². The monoisotopic (exact) mass is 290 g/mol. The number of likely N-dealkylation sites (N-methyl/N-ethyl adjacent to an activating group) is 1. The molecule has 3 nitrogen and oxygen atoms in total. The van der Waals surface area contributed by atoms with E-state index in [0.717, 1.165) is 0 Å². The lowest BCUT2D eigenvalue weighted by atomic mass is 10.0. The van der Waals surface area contributed by atoms with Gasteiger partial charge in [-0.15, -0.1) is 0 Å². The Labute approximate surface area is 117 Å². The van der Waals surface area contributed by atoms with Crippen LogP contribution in [-0.2, 0) is 17.3 Å². The number of halogens is 3. The summed E-state index contributed by atoms with van der Waals surface area (Å²) in [6, 6.07) is 4.20. The van der Waals surface area contributed by atoms with Gasteiger partial charge in [-0.1, -0.05) is 6.07 Å². The molecule has 1 rings (SSSR count). The van der Waals surface area contributed by atoms with Gasteiger partial charge in [0.1, 0.15) is 0 Å². The van der Waals surface area contributed by atoms with E-state index in [1.165, 1.54) is 19.2 Å². The molecule has 0 radical (unpaired) electrons. The van der Waals surface area contributed by atoms with Gasteiger partial charge in [0.25, 0.3) is 0 Å². The largest absolute Gasteiger partial charge is 0.418 e. The third kappa shape index (κ3) is 4.68. The summed E-state index contributed by atoms with van der Waals surface area (Å²) in [5.41, 5.74) is 5.76. The van der Waals surface area contributed by atoms with Crippen LogP contribution in [0, 0.1) is 0 Å². The SMILES string of the molecule is COCCN(C)c1ccc(CC(C)N)cc1C(F)(F)F. The fraction of sp³-hybridized carbons (Fsp3) is 0.571. The third-order valence-corrected chi connectivity index (χ3v) is 2.97. The van der Waals surface area contributed by atoms with Gasteiger partial charge in [0.2, 0.25) is 0 Å². The molecule has 0 saturated carbocycles. The maximum atomic E-state index is 13.2. The van der Waals surface area contributed by atoms with Crippen molar-refractivity contribution < 1.29 is 17.9 Å². The second-order valence-corrected chi connectivity index (χ2v) is 4.95. The first-order valence-electron chi connectivity index (χ1n) is 6.41. The molecule has 1 unspecified atom stereocenters. The van der Waals surface area contributed by atoms with Crippen molar-refractivity contribution >= 4 is 5.69 Å². The van der Waals surface area contributed by atoms with Gasteiger partial charge in [-0.05, 0) is 31.0 Å². The average molecular weight is 290 g/mol. The van der Waals surface area contributed by atoms with Crippen molar-refractivity contribution in [3.05, 3.63) is 29.3 Å². The van der Waals surface area contributed by atoms with E-state index in [-0.39, 0.29) is 11.7 Å². The molecule has 0 aliphatic rings. The van der Waals surface area contributed by atoms with E-state index >= 15 is 0 Å². The minimum Gasteiger partial charge on any atom is -0.383 e. The Hall–Kier alpha value is -1.27. The van der Waals surface area contributed by atoms with Gasteiger partial charge in [0, 0.05) is 32.4 Å². The van der Waals surface area contributed by atoms with Crippen LogP contribution in [0.3, 0.4) is 0 Å². The van der Waals surface area contributed by atoms with E-state index in [4.69, 9.17) is 10.5 Å². The van der Waals surface area contributed by atoms with Crippen molar-refractivity contribution in [3.63, 3.8) is 0 Å². The van der Waals surface area contributed by atoms with E-state index in [2.05, 4.69) is 0 Å². The van der Waals surface area contributed by atoms with Gasteiger partial charge in [0.05, 0.1) is 12.2 Å². The average Bonchev–Trinajstić information content (AvgIpc) is 2.34. The summed E-state index contributed by atoms with van der Waals surface area (Å²) in [6.07, 6.45) is -3.96. The van der Waals surface area contributed by atoms with Crippen LogP contribution >= 0.6 is 0 Å². The predicted octanol–water partition coefficient (Wildman–Crippen LogP) is 2.68. The first-order valence-corrected chi connectivity index (χ1v) is 6.41. The second-order valence-electron chi connectivity index (χ2n) is 4.95. The number of nitrogens with two attached hydrogens (primary N) is 1. The Bertz CT molecular complexity index is 433. The lowest BCUT2D eigenvalue weighted by Crippen LogP contribution is -2.25. The Morgan fingerprint density at radius 3 is 2.50 bits per heavy atom. The molecular formula is C14H21F3N2O. The molecule has 1 atom stereocenters. The molecule has 1 aromatic carbocycles. The highest BCUT2D eigenvalue weighted by atomic mass is 19.4. The molecule has 0 fully saturated rings. The summed E-state index contributed by atoms with van der Waals surface area (Å²) in [4.78, 5) is 1.54. The first-order chi connectivity index (χ1) is 9.25. The van der Waals surface area contributed by atoms with Crippen molar-refractivity contribution in [2.24, 2.45) is 5.73 Å². The van der Waals surface area contributed by atoms with Gasteiger partial charge in [0.15, 0.2) is 0 Å². The van der Waals surface area contributed by atoms with E-state index < -0.39 is 11.7 Å². The fourth-order valence-corrected chi connectivity index (χ4v) is 1.99. The minimum atomic E-state index is -4.38. The molecule has 114 valence electrons. The van der Waals surface area contributed by atoms with Crippen LogP contribution in [0.5, 0.6) is 0 Å².